The van der Waals surface area contributed by atoms with E-state index in [0.29, 0.717) is 6.54 Å². The van der Waals surface area contributed by atoms with E-state index < -0.39 is 0 Å². The molecule has 0 aliphatic heterocycles. The Morgan fingerprint density at radius 2 is 1.88 bits per heavy atom. The average molecular weight is 235 g/mol. The molecule has 3 nitrogen and oxygen atoms in total. The Morgan fingerprint density at radius 1 is 1.29 bits per heavy atom. The van der Waals surface area contributed by atoms with Crippen molar-refractivity contribution in [1.29, 1.82) is 0 Å². The third-order valence-electron chi connectivity index (χ3n) is 2.98. The van der Waals surface area contributed by atoms with Crippen LogP contribution in [0.15, 0.2) is 24.3 Å². The van der Waals surface area contributed by atoms with Gasteiger partial charge in [-0.15, -0.1) is 0 Å². The lowest BCUT2D eigenvalue weighted by Gasteiger charge is -2.09. The number of aliphatic hydroxyl groups excluding tert-OH is 1. The Bertz CT molecular complexity index is 346. The number of amides is 1. The molecule has 0 saturated carbocycles. The summed E-state index contributed by atoms with van der Waals surface area (Å²) in [6, 6.07) is 7.79. The van der Waals surface area contributed by atoms with E-state index in [1.807, 2.05) is 38.1 Å². The Hall–Kier alpha value is -1.35. The lowest BCUT2D eigenvalue weighted by molar-refractivity contribution is -0.124. The number of carbonyl (C=O) groups is 1. The molecular weight excluding hydrogens is 214 g/mol. The number of aliphatic hydroxyl groups is 1. The van der Waals surface area contributed by atoms with E-state index in [1.54, 1.807) is 0 Å². The van der Waals surface area contributed by atoms with Gasteiger partial charge in [0, 0.05) is 12.5 Å². The predicted molar refractivity (Wildman–Crippen MR) is 68.5 cm³/mol. The second-order valence-corrected chi connectivity index (χ2v) is 4.32. The summed E-state index contributed by atoms with van der Waals surface area (Å²) in [5.41, 5.74) is 2.09. The summed E-state index contributed by atoms with van der Waals surface area (Å²) in [6.45, 7) is 4.69. The van der Waals surface area contributed by atoms with Crippen molar-refractivity contribution in [3.63, 3.8) is 0 Å². The number of carbonyl (C=O) groups excluding carboxylic acids is 1. The van der Waals surface area contributed by atoms with Gasteiger partial charge in [0.25, 0.3) is 0 Å². The molecule has 94 valence electrons. The van der Waals surface area contributed by atoms with E-state index >= 15 is 0 Å². The van der Waals surface area contributed by atoms with Gasteiger partial charge in [0.15, 0.2) is 0 Å². The van der Waals surface area contributed by atoms with Crippen LogP contribution in [0.3, 0.4) is 0 Å². The zero-order valence-corrected chi connectivity index (χ0v) is 10.6. The third kappa shape index (κ3) is 4.57. The molecule has 0 fully saturated rings. The maximum Gasteiger partial charge on any atom is 0.222 e. The van der Waals surface area contributed by atoms with Crippen LogP contribution in [0.2, 0.25) is 0 Å². The van der Waals surface area contributed by atoms with Crippen molar-refractivity contribution in [3.05, 3.63) is 35.4 Å². The summed E-state index contributed by atoms with van der Waals surface area (Å²) in [4.78, 5) is 11.5. The summed E-state index contributed by atoms with van der Waals surface area (Å²) >= 11 is 0. The minimum atomic E-state index is 0.0744. The third-order valence-corrected chi connectivity index (χ3v) is 2.98. The van der Waals surface area contributed by atoms with Gasteiger partial charge in [0.1, 0.15) is 0 Å². The van der Waals surface area contributed by atoms with Crippen LogP contribution >= 0.6 is 0 Å². The van der Waals surface area contributed by atoms with Gasteiger partial charge in [0.2, 0.25) is 5.91 Å². The van der Waals surface area contributed by atoms with Gasteiger partial charge in [-0.25, -0.2) is 0 Å². The number of nitrogens with one attached hydrogen (secondary N) is 1. The van der Waals surface area contributed by atoms with Gasteiger partial charge in [0.05, 0.1) is 6.61 Å². The minimum absolute atomic E-state index is 0.0744. The maximum absolute atomic E-state index is 11.5. The van der Waals surface area contributed by atoms with Crippen molar-refractivity contribution in [2.24, 2.45) is 5.92 Å². The summed E-state index contributed by atoms with van der Waals surface area (Å²) in [6.07, 6.45) is 1.70. The first-order valence-corrected chi connectivity index (χ1v) is 6.13. The second-order valence-electron chi connectivity index (χ2n) is 4.32. The molecule has 3 heteroatoms. The summed E-state index contributed by atoms with van der Waals surface area (Å²) < 4.78 is 0. The second kappa shape index (κ2) is 7.07. The first-order chi connectivity index (χ1) is 8.17. The minimum Gasteiger partial charge on any atom is -0.392 e. The fourth-order valence-electron chi connectivity index (χ4n) is 1.50. The van der Waals surface area contributed by atoms with Crippen LogP contribution in [0.1, 0.15) is 31.4 Å². The normalized spacial score (nSPS) is 12.2. The van der Waals surface area contributed by atoms with Gasteiger partial charge >= 0.3 is 0 Å². The zero-order valence-electron chi connectivity index (χ0n) is 10.6. The van der Waals surface area contributed by atoms with E-state index in [9.17, 15) is 4.79 Å². The van der Waals surface area contributed by atoms with Crippen LogP contribution in [-0.4, -0.2) is 17.6 Å². The van der Waals surface area contributed by atoms with Crippen molar-refractivity contribution >= 4 is 5.91 Å². The van der Waals surface area contributed by atoms with Crippen LogP contribution in [0.5, 0.6) is 0 Å². The van der Waals surface area contributed by atoms with Crippen molar-refractivity contribution < 1.29 is 9.90 Å². The van der Waals surface area contributed by atoms with E-state index in [1.165, 1.54) is 5.56 Å². The topological polar surface area (TPSA) is 49.3 Å². The Balaban J connectivity index is 2.33. The molecule has 1 aromatic carbocycles. The van der Waals surface area contributed by atoms with Crippen molar-refractivity contribution in [2.45, 2.75) is 33.3 Å². The smallest absolute Gasteiger partial charge is 0.222 e. The van der Waals surface area contributed by atoms with Crippen LogP contribution in [0.4, 0.5) is 0 Å². The standard InChI is InChI=1S/C14H21NO2/c1-3-11(2)14(17)15-9-8-12-4-6-13(10-16)7-5-12/h4-7,11,16H,3,8-10H2,1-2H3,(H,15,17). The first-order valence-electron chi connectivity index (χ1n) is 6.13. The number of hydrogen-bond acceptors (Lipinski definition) is 2. The summed E-state index contributed by atoms with van der Waals surface area (Å²) in [7, 11) is 0. The molecule has 1 atom stereocenters. The van der Waals surface area contributed by atoms with E-state index in [-0.39, 0.29) is 18.4 Å². The fourth-order valence-corrected chi connectivity index (χ4v) is 1.50. The molecule has 1 rings (SSSR count). The molecule has 0 bridgehead atoms. The zero-order chi connectivity index (χ0) is 12.7. The molecule has 17 heavy (non-hydrogen) atoms. The lowest BCUT2D eigenvalue weighted by atomic mass is 10.1. The molecule has 2 N–H and O–H groups in total. The SMILES string of the molecule is CCC(C)C(=O)NCCc1ccc(CO)cc1. The van der Waals surface area contributed by atoms with Gasteiger partial charge in [-0.3, -0.25) is 4.79 Å². The lowest BCUT2D eigenvalue weighted by Crippen LogP contribution is -2.30. The fraction of sp³-hybridized carbons (Fsp3) is 0.500. The van der Waals surface area contributed by atoms with E-state index in [0.717, 1.165) is 18.4 Å². The molecule has 1 aromatic rings. The van der Waals surface area contributed by atoms with Crippen LogP contribution in [0, 0.1) is 5.92 Å². The predicted octanol–water partition coefficient (Wildman–Crippen LogP) is 1.88. The molecule has 0 saturated heterocycles. The Labute approximate surface area is 103 Å². The molecule has 0 heterocycles. The Kier molecular flexibility index (Phi) is 5.70. The summed E-state index contributed by atoms with van der Waals surface area (Å²) in [5, 5.41) is 11.8. The Morgan fingerprint density at radius 3 is 2.41 bits per heavy atom. The molecule has 0 aliphatic rings. The molecule has 0 aromatic heterocycles. The summed E-state index contributed by atoms with van der Waals surface area (Å²) in [5.74, 6) is 0.214. The van der Waals surface area contributed by atoms with Gasteiger partial charge < -0.3 is 10.4 Å². The largest absolute Gasteiger partial charge is 0.392 e. The first kappa shape index (κ1) is 13.7. The van der Waals surface area contributed by atoms with Crippen LogP contribution in [-0.2, 0) is 17.8 Å². The average Bonchev–Trinajstić information content (AvgIpc) is 2.38. The molecule has 0 spiro atoms. The van der Waals surface area contributed by atoms with E-state index in [2.05, 4.69) is 5.32 Å². The molecule has 0 aliphatic carbocycles. The van der Waals surface area contributed by atoms with Gasteiger partial charge in [-0.05, 0) is 24.0 Å². The highest BCUT2D eigenvalue weighted by molar-refractivity contribution is 5.78. The van der Waals surface area contributed by atoms with Gasteiger partial charge in [-0.1, -0.05) is 38.1 Å². The number of benzene rings is 1. The maximum atomic E-state index is 11.5. The highest BCUT2D eigenvalue weighted by Crippen LogP contribution is 2.05. The van der Waals surface area contributed by atoms with Crippen molar-refractivity contribution in [3.8, 4) is 0 Å². The van der Waals surface area contributed by atoms with Crippen LogP contribution < -0.4 is 5.32 Å². The van der Waals surface area contributed by atoms with Crippen molar-refractivity contribution in [2.75, 3.05) is 6.54 Å². The monoisotopic (exact) mass is 235 g/mol. The quantitative estimate of drug-likeness (QED) is 0.791. The van der Waals surface area contributed by atoms with E-state index in [4.69, 9.17) is 5.11 Å². The number of hydrogen-bond donors (Lipinski definition) is 2. The van der Waals surface area contributed by atoms with Gasteiger partial charge in [-0.2, -0.15) is 0 Å². The van der Waals surface area contributed by atoms with Crippen LogP contribution in [0.25, 0.3) is 0 Å². The molecule has 1 amide bonds. The van der Waals surface area contributed by atoms with Crippen molar-refractivity contribution in [1.82, 2.24) is 5.32 Å². The molecule has 1 unspecified atom stereocenters. The molecular formula is C14H21NO2. The highest BCUT2D eigenvalue weighted by atomic mass is 16.3. The number of rotatable bonds is 6. The molecule has 0 radical (unpaired) electrons. The highest BCUT2D eigenvalue weighted by Gasteiger charge is 2.08.